The van der Waals surface area contributed by atoms with Gasteiger partial charge in [0.15, 0.2) is 0 Å². The van der Waals surface area contributed by atoms with E-state index in [9.17, 15) is 4.79 Å². The van der Waals surface area contributed by atoms with Crippen molar-refractivity contribution >= 4 is 25.2 Å². The second-order valence-corrected chi connectivity index (χ2v) is 16.0. The van der Waals surface area contributed by atoms with E-state index in [-0.39, 0.29) is 12.2 Å². The first-order valence-electron chi connectivity index (χ1n) is 11.0. The maximum atomic E-state index is 12.4. The standard InChI is InChI=1S/C22H36N4O4Si/c1-22(2,3)30-21(27)25-10-7-8-17(14-25)29-20-18-9-11-26(19(18)23-15-24-20)16-28-12-13-31(4,5)6/h9,11,15,17H,7-8,10,12-14,16H2,1-6H3/t17-/m1/s1. The number of amides is 1. The minimum Gasteiger partial charge on any atom is -0.472 e. The number of likely N-dealkylation sites (tertiary alicyclic amines) is 1. The Morgan fingerprint density at radius 3 is 2.74 bits per heavy atom. The summed E-state index contributed by atoms with van der Waals surface area (Å²) in [5, 5.41) is 0.852. The van der Waals surface area contributed by atoms with Crippen LogP contribution < -0.4 is 4.74 Å². The number of fused-ring (bicyclic) bond motifs is 1. The molecule has 2 aromatic rings. The molecule has 0 spiro atoms. The van der Waals surface area contributed by atoms with Crippen molar-refractivity contribution < 1.29 is 19.0 Å². The van der Waals surface area contributed by atoms with Crippen LogP contribution in [-0.2, 0) is 16.2 Å². The third kappa shape index (κ3) is 6.93. The summed E-state index contributed by atoms with van der Waals surface area (Å²) in [7, 11) is -1.11. The number of carbonyl (C=O) groups excluding carboxylic acids is 1. The predicted molar refractivity (Wildman–Crippen MR) is 123 cm³/mol. The second-order valence-electron chi connectivity index (χ2n) is 10.4. The molecule has 0 bridgehead atoms. The van der Waals surface area contributed by atoms with Gasteiger partial charge in [-0.2, -0.15) is 0 Å². The van der Waals surface area contributed by atoms with E-state index in [0.717, 1.165) is 36.5 Å². The maximum Gasteiger partial charge on any atom is 0.410 e. The summed E-state index contributed by atoms with van der Waals surface area (Å²) < 4.78 is 19.6. The second kappa shape index (κ2) is 9.56. The first kappa shape index (κ1) is 23.5. The SMILES string of the molecule is CC(C)(C)OC(=O)N1CCC[C@@H](Oc2ncnc3c2ccn3COCC[Si](C)(C)C)C1. The highest BCUT2D eigenvalue weighted by atomic mass is 28.3. The van der Waals surface area contributed by atoms with Gasteiger partial charge >= 0.3 is 6.09 Å². The Hall–Kier alpha value is -2.13. The minimum atomic E-state index is -1.11. The van der Waals surface area contributed by atoms with Crippen LogP contribution in [0.15, 0.2) is 18.6 Å². The van der Waals surface area contributed by atoms with Gasteiger partial charge in [-0.3, -0.25) is 0 Å². The van der Waals surface area contributed by atoms with Crippen LogP contribution in [0.25, 0.3) is 11.0 Å². The van der Waals surface area contributed by atoms with Crippen molar-refractivity contribution in [2.24, 2.45) is 0 Å². The Morgan fingerprint density at radius 1 is 1.26 bits per heavy atom. The lowest BCUT2D eigenvalue weighted by atomic mass is 10.1. The Morgan fingerprint density at radius 2 is 2.03 bits per heavy atom. The summed E-state index contributed by atoms with van der Waals surface area (Å²) in [6.45, 7) is 15.0. The molecule has 1 fully saturated rings. The molecule has 2 aromatic heterocycles. The molecule has 9 heteroatoms. The zero-order chi connectivity index (χ0) is 22.6. The lowest BCUT2D eigenvalue weighted by Gasteiger charge is -2.34. The van der Waals surface area contributed by atoms with Crippen molar-refractivity contribution in [2.45, 2.75) is 77.7 Å². The van der Waals surface area contributed by atoms with Crippen molar-refractivity contribution in [3.63, 3.8) is 0 Å². The average molecular weight is 449 g/mol. The van der Waals surface area contributed by atoms with Crippen LogP contribution in [0.5, 0.6) is 5.88 Å². The first-order chi connectivity index (χ1) is 14.5. The van der Waals surface area contributed by atoms with Gasteiger partial charge < -0.3 is 23.7 Å². The molecule has 3 rings (SSSR count). The van der Waals surface area contributed by atoms with Crippen molar-refractivity contribution in [3.8, 4) is 5.88 Å². The molecule has 1 atom stereocenters. The van der Waals surface area contributed by atoms with Crippen LogP contribution in [-0.4, -0.2) is 65.0 Å². The Kier molecular flexibility index (Phi) is 7.26. The summed E-state index contributed by atoms with van der Waals surface area (Å²) in [5.41, 5.74) is 0.279. The molecule has 172 valence electrons. The number of nitrogens with zero attached hydrogens (tertiary/aromatic N) is 4. The van der Waals surface area contributed by atoms with E-state index in [4.69, 9.17) is 14.2 Å². The lowest BCUT2D eigenvalue weighted by molar-refractivity contribution is 0.00741. The van der Waals surface area contributed by atoms with Crippen LogP contribution in [0, 0.1) is 0 Å². The van der Waals surface area contributed by atoms with Gasteiger partial charge in [0.2, 0.25) is 5.88 Å². The number of piperidine rings is 1. The molecule has 0 N–H and O–H groups in total. The van der Waals surface area contributed by atoms with Gasteiger partial charge in [0.1, 0.15) is 30.4 Å². The van der Waals surface area contributed by atoms with E-state index in [2.05, 4.69) is 29.6 Å². The summed E-state index contributed by atoms with van der Waals surface area (Å²) in [4.78, 5) is 22.9. The van der Waals surface area contributed by atoms with Crippen molar-refractivity contribution in [3.05, 3.63) is 18.6 Å². The number of carbonyl (C=O) groups is 1. The van der Waals surface area contributed by atoms with Crippen molar-refractivity contribution in [2.75, 3.05) is 19.7 Å². The fourth-order valence-corrected chi connectivity index (χ4v) is 4.16. The van der Waals surface area contributed by atoms with E-state index in [1.807, 2.05) is 37.6 Å². The molecule has 1 aliphatic heterocycles. The number of hydrogen-bond acceptors (Lipinski definition) is 6. The van der Waals surface area contributed by atoms with Gasteiger partial charge in [0.05, 0.1) is 11.9 Å². The van der Waals surface area contributed by atoms with Gasteiger partial charge in [-0.05, 0) is 45.7 Å². The van der Waals surface area contributed by atoms with Crippen LogP contribution in [0.1, 0.15) is 33.6 Å². The zero-order valence-corrected chi connectivity index (χ0v) is 20.7. The molecular weight excluding hydrogens is 412 g/mol. The van der Waals surface area contributed by atoms with E-state index < -0.39 is 13.7 Å². The number of aromatic nitrogens is 3. The van der Waals surface area contributed by atoms with Crippen LogP contribution >= 0.6 is 0 Å². The third-order valence-electron chi connectivity index (χ3n) is 5.05. The highest BCUT2D eigenvalue weighted by Crippen LogP contribution is 2.26. The van der Waals surface area contributed by atoms with E-state index in [1.165, 1.54) is 6.33 Å². The summed E-state index contributed by atoms with van der Waals surface area (Å²) in [6.07, 6.45) is 4.78. The van der Waals surface area contributed by atoms with E-state index in [1.54, 1.807) is 4.90 Å². The zero-order valence-electron chi connectivity index (χ0n) is 19.7. The smallest absolute Gasteiger partial charge is 0.410 e. The summed E-state index contributed by atoms with van der Waals surface area (Å²) in [5.74, 6) is 0.543. The number of ether oxygens (including phenoxy) is 3. The molecule has 0 radical (unpaired) electrons. The lowest BCUT2D eigenvalue weighted by Crippen LogP contribution is -2.46. The molecule has 1 saturated heterocycles. The average Bonchev–Trinajstić information content (AvgIpc) is 3.08. The molecule has 1 aliphatic rings. The molecule has 0 aromatic carbocycles. The highest BCUT2D eigenvalue weighted by molar-refractivity contribution is 6.76. The topological polar surface area (TPSA) is 78.7 Å². The number of rotatable bonds is 7. The molecule has 0 saturated carbocycles. The van der Waals surface area contributed by atoms with Crippen LogP contribution in [0.3, 0.4) is 0 Å². The van der Waals surface area contributed by atoms with Gasteiger partial charge in [0, 0.05) is 27.4 Å². The molecule has 0 aliphatic carbocycles. The molecule has 0 unspecified atom stereocenters. The van der Waals surface area contributed by atoms with Gasteiger partial charge in [-0.25, -0.2) is 14.8 Å². The molecule has 8 nitrogen and oxygen atoms in total. The fraction of sp³-hybridized carbons (Fsp3) is 0.682. The predicted octanol–water partition coefficient (Wildman–Crippen LogP) is 4.52. The Labute approximate surface area is 185 Å². The van der Waals surface area contributed by atoms with Crippen LogP contribution in [0.2, 0.25) is 25.7 Å². The molecule has 3 heterocycles. The minimum absolute atomic E-state index is 0.129. The third-order valence-corrected chi connectivity index (χ3v) is 6.76. The van der Waals surface area contributed by atoms with E-state index in [0.29, 0.717) is 25.7 Å². The quantitative estimate of drug-likeness (QED) is 0.458. The number of hydrogen-bond donors (Lipinski definition) is 0. The van der Waals surface area contributed by atoms with Crippen molar-refractivity contribution in [1.82, 2.24) is 19.4 Å². The fourth-order valence-electron chi connectivity index (χ4n) is 3.40. The van der Waals surface area contributed by atoms with E-state index >= 15 is 0 Å². The largest absolute Gasteiger partial charge is 0.472 e. The van der Waals surface area contributed by atoms with Gasteiger partial charge in [-0.15, -0.1) is 0 Å². The van der Waals surface area contributed by atoms with Crippen LogP contribution in [0.4, 0.5) is 4.79 Å². The first-order valence-corrected chi connectivity index (χ1v) is 14.7. The maximum absolute atomic E-state index is 12.4. The normalized spacial score (nSPS) is 17.7. The van der Waals surface area contributed by atoms with Gasteiger partial charge in [0.25, 0.3) is 0 Å². The monoisotopic (exact) mass is 448 g/mol. The highest BCUT2D eigenvalue weighted by Gasteiger charge is 2.29. The van der Waals surface area contributed by atoms with Gasteiger partial charge in [-0.1, -0.05) is 19.6 Å². The summed E-state index contributed by atoms with van der Waals surface area (Å²) >= 11 is 0. The molecule has 31 heavy (non-hydrogen) atoms. The summed E-state index contributed by atoms with van der Waals surface area (Å²) in [6, 6.07) is 3.09. The Bertz CT molecular complexity index is 888. The molecule has 1 amide bonds. The molecular formula is C22H36N4O4Si. The van der Waals surface area contributed by atoms with Crippen molar-refractivity contribution in [1.29, 1.82) is 0 Å². The Balaban J connectivity index is 1.63.